The molecule has 0 spiro atoms. The third-order valence-corrected chi connectivity index (χ3v) is 0. The van der Waals surface area contributed by atoms with Crippen molar-refractivity contribution in [3.8, 4) is 0 Å². The van der Waals surface area contributed by atoms with E-state index in [9.17, 15) is 0 Å². The molecular formula is CuSiSnTiZn. The number of rotatable bonds is 0. The summed E-state index contributed by atoms with van der Waals surface area (Å²) in [7, 11) is 0. The Kier molecular flexibility index (Phi) is 259. The van der Waals surface area contributed by atoms with Crippen LogP contribution in [0.2, 0.25) is 0 Å². The van der Waals surface area contributed by atoms with Crippen LogP contribution in [-0.4, -0.2) is 34.9 Å². The smallest absolute Gasteiger partial charge is 0 e. The maximum Gasteiger partial charge on any atom is 0 e. The predicted molar refractivity (Wildman–Crippen MR) is 11.5 cm³/mol. The Bertz CT molecular complexity index is 11.6. The number of hydrogen-bond acceptors (Lipinski definition) is 0. The van der Waals surface area contributed by atoms with Gasteiger partial charge >= 0.3 is 0 Å². The minimum Gasteiger partial charge on any atom is 0 e. The fourth-order valence-electron chi connectivity index (χ4n) is 0. The first-order valence-corrected chi connectivity index (χ1v) is 0. The van der Waals surface area contributed by atoms with Gasteiger partial charge in [0.15, 0.2) is 0 Å². The summed E-state index contributed by atoms with van der Waals surface area (Å²) in [6.07, 6.45) is 0. The van der Waals surface area contributed by atoms with Crippen molar-refractivity contribution in [3.05, 3.63) is 0 Å². The van der Waals surface area contributed by atoms with Crippen LogP contribution in [0.15, 0.2) is 0 Å². The molecule has 5 heavy (non-hydrogen) atoms. The topological polar surface area (TPSA) is 0 Å². The van der Waals surface area contributed by atoms with Crippen LogP contribution >= 0.6 is 0 Å². The Balaban J connectivity index is 0. The summed E-state index contributed by atoms with van der Waals surface area (Å²) in [6, 6.07) is 0. The van der Waals surface area contributed by atoms with Gasteiger partial charge in [-0.1, -0.05) is 0 Å². The van der Waals surface area contributed by atoms with E-state index in [1.165, 1.54) is 0 Å². The zero-order chi connectivity index (χ0) is 0. The molecule has 0 aliphatic carbocycles. The molecule has 0 N–H and O–H groups in total. The van der Waals surface area contributed by atoms with Crippen molar-refractivity contribution in [3.63, 3.8) is 0 Å². The van der Waals surface area contributed by atoms with E-state index in [-0.39, 0.29) is 93.1 Å². The minimum absolute atomic E-state index is 0. The Morgan fingerprint density at radius 1 is 1.00 bits per heavy atom. The van der Waals surface area contributed by atoms with Gasteiger partial charge in [-0.25, -0.2) is 0 Å². The third-order valence-electron chi connectivity index (χ3n) is 0. The van der Waals surface area contributed by atoms with Crippen molar-refractivity contribution >= 4 is 34.9 Å². The van der Waals surface area contributed by atoms with Crippen LogP contribution < -0.4 is 0 Å². The quantitative estimate of drug-likeness (QED) is 0.514. The molecule has 0 saturated carbocycles. The summed E-state index contributed by atoms with van der Waals surface area (Å²) in [5, 5.41) is 0. The molecule has 0 amide bonds. The van der Waals surface area contributed by atoms with E-state index in [2.05, 4.69) is 0 Å². The Labute approximate surface area is 91.7 Å². The summed E-state index contributed by atoms with van der Waals surface area (Å²) in [6.45, 7) is 0. The fourth-order valence-corrected chi connectivity index (χ4v) is 0. The van der Waals surface area contributed by atoms with E-state index in [1.807, 2.05) is 0 Å². The van der Waals surface area contributed by atoms with E-state index in [0.717, 1.165) is 0 Å². The molecule has 0 bridgehead atoms. The Hall–Kier alpha value is 2.87. The van der Waals surface area contributed by atoms with Crippen LogP contribution in [0.4, 0.5) is 0 Å². The third kappa shape index (κ3) is 19.8. The average Bonchev–Trinajstić information content (AvgIpc) is 0. The first kappa shape index (κ1) is 45.1. The zero-order valence-electron chi connectivity index (χ0n) is 2.51. The van der Waals surface area contributed by atoms with Crippen LogP contribution in [0, 0.1) is 0 Å². The summed E-state index contributed by atoms with van der Waals surface area (Å²) in [4.78, 5) is 0. The molecule has 5 heteroatoms. The second kappa shape index (κ2) is 28.7. The average molecular weight is 324 g/mol. The molecular weight excluding hydrogens is 324 g/mol. The summed E-state index contributed by atoms with van der Waals surface area (Å²) >= 11 is 0. The second-order valence-electron chi connectivity index (χ2n) is 0. The van der Waals surface area contributed by atoms with Crippen molar-refractivity contribution in [2.75, 3.05) is 0 Å². The summed E-state index contributed by atoms with van der Waals surface area (Å²) in [5.41, 5.74) is 0. The standard InChI is InChI=1S/Cu.Si.Sn.Ti.Zn. The molecule has 0 aromatic heterocycles. The van der Waals surface area contributed by atoms with Crippen molar-refractivity contribution in [2.24, 2.45) is 0 Å². The molecule has 0 unspecified atom stereocenters. The van der Waals surface area contributed by atoms with Gasteiger partial charge in [-0.3, -0.25) is 0 Å². The Morgan fingerprint density at radius 3 is 1.00 bits per heavy atom. The van der Waals surface area contributed by atoms with Gasteiger partial charge in [0.25, 0.3) is 0 Å². The number of hydrogen-bond donors (Lipinski definition) is 0. The SMILES string of the molecule is [Cu].[Si].[Sn].[Ti].[Zn]. The summed E-state index contributed by atoms with van der Waals surface area (Å²) < 4.78 is 0. The molecule has 0 atom stereocenters. The van der Waals surface area contributed by atoms with Crippen molar-refractivity contribution in [2.45, 2.75) is 0 Å². The van der Waals surface area contributed by atoms with Crippen molar-refractivity contribution < 1.29 is 58.3 Å². The van der Waals surface area contributed by atoms with Crippen molar-refractivity contribution in [1.82, 2.24) is 0 Å². The normalized spacial score (nSPS) is 0. The molecule has 0 rings (SSSR count). The first-order valence-electron chi connectivity index (χ1n) is 0. The zero-order valence-corrected chi connectivity index (χ0v) is 11.8. The van der Waals surface area contributed by atoms with Crippen LogP contribution in [0.5, 0.6) is 0 Å². The maximum atomic E-state index is 0. The van der Waals surface area contributed by atoms with Gasteiger partial charge in [-0.15, -0.1) is 0 Å². The van der Waals surface area contributed by atoms with Gasteiger partial charge in [0.05, 0.1) is 0 Å². The monoisotopic (exact) mass is 323 g/mol. The largest absolute Gasteiger partial charge is 0 e. The van der Waals surface area contributed by atoms with Crippen LogP contribution in [0.3, 0.4) is 0 Å². The van der Waals surface area contributed by atoms with Gasteiger partial charge in [0.1, 0.15) is 0 Å². The van der Waals surface area contributed by atoms with E-state index in [1.54, 1.807) is 0 Å². The molecule has 0 saturated heterocycles. The molecule has 9 radical (unpaired) electrons. The maximum absolute atomic E-state index is 0. The van der Waals surface area contributed by atoms with E-state index >= 15 is 0 Å². The second-order valence-corrected chi connectivity index (χ2v) is 0. The molecule has 0 fully saturated rings. The predicted octanol–water partition coefficient (Wildman–Crippen LogP) is -0.769. The molecule has 0 aliphatic rings. The Morgan fingerprint density at radius 2 is 1.00 bits per heavy atom. The molecule has 25 valence electrons. The molecule has 0 aromatic carbocycles. The molecule has 0 aromatic rings. The van der Waals surface area contributed by atoms with E-state index in [4.69, 9.17) is 0 Å². The first-order chi connectivity index (χ1) is 0. The van der Waals surface area contributed by atoms with E-state index in [0.29, 0.717) is 0 Å². The van der Waals surface area contributed by atoms with Crippen molar-refractivity contribution in [1.29, 1.82) is 0 Å². The molecule has 0 nitrogen and oxygen atoms in total. The van der Waals surface area contributed by atoms with Gasteiger partial charge in [0.2, 0.25) is 0 Å². The van der Waals surface area contributed by atoms with Crippen LogP contribution in [-0.2, 0) is 58.3 Å². The fraction of sp³-hybridized carbons (Fsp3) is 0. The molecule has 0 heterocycles. The van der Waals surface area contributed by atoms with Gasteiger partial charge in [-0.2, -0.15) is 0 Å². The van der Waals surface area contributed by atoms with Crippen LogP contribution in [0.25, 0.3) is 0 Å². The van der Waals surface area contributed by atoms with Gasteiger partial charge in [0, 0.05) is 93.1 Å². The molecule has 0 aliphatic heterocycles. The minimum atomic E-state index is 0. The van der Waals surface area contributed by atoms with Crippen LogP contribution in [0.1, 0.15) is 0 Å². The van der Waals surface area contributed by atoms with Gasteiger partial charge in [-0.05, 0) is 0 Å². The summed E-state index contributed by atoms with van der Waals surface area (Å²) in [5.74, 6) is 0. The van der Waals surface area contributed by atoms with Gasteiger partial charge < -0.3 is 0 Å². The van der Waals surface area contributed by atoms with E-state index < -0.39 is 0 Å².